The van der Waals surface area contributed by atoms with Crippen LogP contribution in [0, 0.1) is 5.92 Å². The molecule has 26 heavy (non-hydrogen) atoms. The van der Waals surface area contributed by atoms with Crippen molar-refractivity contribution in [3.8, 4) is 0 Å². The molecular weight excluding hydrogens is 346 g/mol. The molecule has 0 unspecified atom stereocenters. The van der Waals surface area contributed by atoms with Crippen molar-refractivity contribution >= 4 is 25.9 Å². The Hall–Kier alpha value is -1.92. The smallest absolute Gasteiger partial charge is 0.336 e. The Balaban J connectivity index is 2.15. The zero-order valence-electron chi connectivity index (χ0n) is 15.9. The molecule has 1 aromatic carbocycles. The summed E-state index contributed by atoms with van der Waals surface area (Å²) in [4.78, 5) is 26.0. The van der Waals surface area contributed by atoms with E-state index in [2.05, 4.69) is 25.0 Å². The van der Waals surface area contributed by atoms with Gasteiger partial charge in [0.05, 0.1) is 17.9 Å². The van der Waals surface area contributed by atoms with Gasteiger partial charge in [0, 0.05) is 5.92 Å². The molecule has 1 saturated carbocycles. The van der Waals surface area contributed by atoms with Gasteiger partial charge < -0.3 is 14.5 Å². The maximum atomic E-state index is 13.2. The lowest BCUT2D eigenvalue weighted by Crippen LogP contribution is -2.59. The summed E-state index contributed by atoms with van der Waals surface area (Å²) in [5.41, 5.74) is 0.978. The molecule has 1 amide bonds. The lowest BCUT2D eigenvalue weighted by atomic mass is 9.79. The van der Waals surface area contributed by atoms with Crippen LogP contribution < -0.4 is 5.32 Å². The highest BCUT2D eigenvalue weighted by Gasteiger charge is 2.57. The van der Waals surface area contributed by atoms with Gasteiger partial charge in [-0.3, -0.25) is 4.79 Å². The van der Waals surface area contributed by atoms with E-state index in [1.807, 2.05) is 30.3 Å². The van der Waals surface area contributed by atoms with Crippen molar-refractivity contribution < 1.29 is 18.8 Å². The third kappa shape index (κ3) is 3.35. The SMILES string of the molecule is CCOC(=O)C1=C(c2ccccc2)NC(=O)[C@]2(O[Si](C)(C)C)CCC[C@H]12. The highest BCUT2D eigenvalue weighted by atomic mass is 28.4. The molecule has 1 aromatic rings. The van der Waals surface area contributed by atoms with E-state index in [0.29, 0.717) is 24.3 Å². The summed E-state index contributed by atoms with van der Waals surface area (Å²) in [6.45, 7) is 8.32. The molecule has 3 rings (SSSR count). The predicted octanol–water partition coefficient (Wildman–Crippen LogP) is 3.48. The second-order valence-electron chi connectivity index (χ2n) is 7.88. The molecule has 1 aliphatic heterocycles. The molecule has 0 radical (unpaired) electrons. The summed E-state index contributed by atoms with van der Waals surface area (Å²) in [7, 11) is -2.00. The maximum absolute atomic E-state index is 13.2. The standard InChI is InChI=1S/C20H27NO4Si/c1-5-24-18(22)16-15-12-9-13-20(15,25-26(2,3)4)19(23)21-17(16)14-10-7-6-8-11-14/h6-8,10-11,15H,5,9,12-13H2,1-4H3,(H,21,23)/t15-,20+/m1/s1. The van der Waals surface area contributed by atoms with Crippen LogP contribution in [0.25, 0.3) is 5.70 Å². The highest BCUT2D eigenvalue weighted by Crippen LogP contribution is 2.49. The number of carbonyl (C=O) groups is 2. The molecule has 0 bridgehead atoms. The van der Waals surface area contributed by atoms with Crippen LogP contribution in [0.2, 0.25) is 19.6 Å². The number of fused-ring (bicyclic) bond motifs is 1. The normalized spacial score (nSPS) is 25.7. The Morgan fingerprint density at radius 2 is 1.96 bits per heavy atom. The van der Waals surface area contributed by atoms with Gasteiger partial charge in [-0.05, 0) is 51.4 Å². The Bertz CT molecular complexity index is 738. The van der Waals surface area contributed by atoms with Crippen molar-refractivity contribution in [2.75, 3.05) is 6.61 Å². The number of hydrogen-bond donors (Lipinski definition) is 1. The Morgan fingerprint density at radius 1 is 1.27 bits per heavy atom. The van der Waals surface area contributed by atoms with Gasteiger partial charge in [-0.2, -0.15) is 0 Å². The summed E-state index contributed by atoms with van der Waals surface area (Å²) >= 11 is 0. The maximum Gasteiger partial charge on any atom is 0.336 e. The van der Waals surface area contributed by atoms with Crippen LogP contribution >= 0.6 is 0 Å². The number of carbonyl (C=O) groups excluding carboxylic acids is 2. The molecule has 6 heteroatoms. The molecule has 140 valence electrons. The molecular formula is C20H27NO4Si. The average Bonchev–Trinajstić information content (AvgIpc) is 2.98. The van der Waals surface area contributed by atoms with Gasteiger partial charge in [-0.15, -0.1) is 0 Å². The topological polar surface area (TPSA) is 64.6 Å². The van der Waals surface area contributed by atoms with Gasteiger partial charge in [0.25, 0.3) is 5.91 Å². The van der Waals surface area contributed by atoms with E-state index >= 15 is 0 Å². The molecule has 2 atom stereocenters. The van der Waals surface area contributed by atoms with Gasteiger partial charge in [-0.1, -0.05) is 30.3 Å². The molecule has 0 aromatic heterocycles. The van der Waals surface area contributed by atoms with E-state index in [1.54, 1.807) is 6.92 Å². The van der Waals surface area contributed by atoms with Gasteiger partial charge in [-0.25, -0.2) is 4.79 Å². The zero-order valence-corrected chi connectivity index (χ0v) is 16.9. The summed E-state index contributed by atoms with van der Waals surface area (Å²) < 4.78 is 11.8. The number of nitrogens with one attached hydrogen (secondary N) is 1. The number of ether oxygens (including phenoxy) is 1. The third-order valence-corrected chi connectivity index (χ3v) is 5.87. The van der Waals surface area contributed by atoms with Crippen molar-refractivity contribution in [3.63, 3.8) is 0 Å². The van der Waals surface area contributed by atoms with Gasteiger partial charge in [0.1, 0.15) is 5.60 Å². The van der Waals surface area contributed by atoms with Crippen LogP contribution in [0.1, 0.15) is 31.7 Å². The number of rotatable bonds is 5. The average molecular weight is 374 g/mol. The summed E-state index contributed by atoms with van der Waals surface area (Å²) in [6.07, 6.45) is 2.24. The van der Waals surface area contributed by atoms with E-state index in [-0.39, 0.29) is 17.8 Å². The Kier molecular flexibility index (Phi) is 5.08. The summed E-state index contributed by atoms with van der Waals surface area (Å²) in [6, 6.07) is 9.50. The van der Waals surface area contributed by atoms with Crippen LogP contribution in [0.15, 0.2) is 35.9 Å². The van der Waals surface area contributed by atoms with Gasteiger partial charge in [0.15, 0.2) is 8.32 Å². The fourth-order valence-electron chi connectivity index (χ4n) is 4.09. The second-order valence-corrected chi connectivity index (χ2v) is 12.3. The van der Waals surface area contributed by atoms with E-state index in [4.69, 9.17) is 9.16 Å². The molecule has 0 saturated heterocycles. The number of esters is 1. The first-order valence-electron chi connectivity index (χ1n) is 9.27. The predicted molar refractivity (Wildman–Crippen MR) is 103 cm³/mol. The largest absolute Gasteiger partial charge is 0.463 e. The van der Waals surface area contributed by atoms with E-state index in [0.717, 1.165) is 18.4 Å². The Labute approximate surface area is 155 Å². The van der Waals surface area contributed by atoms with Gasteiger partial charge >= 0.3 is 5.97 Å². The molecule has 2 aliphatic rings. The van der Waals surface area contributed by atoms with Crippen molar-refractivity contribution in [1.29, 1.82) is 0 Å². The quantitative estimate of drug-likeness (QED) is 0.634. The lowest BCUT2D eigenvalue weighted by molar-refractivity contribution is -0.144. The van der Waals surface area contributed by atoms with E-state index in [9.17, 15) is 9.59 Å². The molecule has 1 N–H and O–H groups in total. The summed E-state index contributed by atoms with van der Waals surface area (Å²) in [5, 5.41) is 2.99. The van der Waals surface area contributed by atoms with Crippen molar-refractivity contribution in [1.82, 2.24) is 5.32 Å². The summed E-state index contributed by atoms with van der Waals surface area (Å²) in [5.74, 6) is -0.756. The minimum atomic E-state index is -2.00. The Morgan fingerprint density at radius 3 is 2.58 bits per heavy atom. The minimum Gasteiger partial charge on any atom is -0.463 e. The van der Waals surface area contributed by atoms with Gasteiger partial charge in [0.2, 0.25) is 0 Å². The molecule has 1 fully saturated rings. The lowest BCUT2D eigenvalue weighted by Gasteiger charge is -2.43. The second kappa shape index (κ2) is 7.00. The van der Waals surface area contributed by atoms with Crippen LogP contribution in [0.4, 0.5) is 0 Å². The van der Waals surface area contributed by atoms with Crippen LogP contribution in [0.5, 0.6) is 0 Å². The van der Waals surface area contributed by atoms with E-state index < -0.39 is 13.9 Å². The van der Waals surface area contributed by atoms with Crippen molar-refractivity contribution in [2.45, 2.75) is 51.4 Å². The zero-order chi connectivity index (χ0) is 18.9. The molecule has 5 nitrogen and oxygen atoms in total. The number of benzene rings is 1. The van der Waals surface area contributed by atoms with Crippen LogP contribution in [-0.4, -0.2) is 32.4 Å². The molecule has 1 heterocycles. The third-order valence-electron chi connectivity index (χ3n) is 4.89. The minimum absolute atomic E-state index is 0.130. The van der Waals surface area contributed by atoms with Crippen LogP contribution in [-0.2, 0) is 18.8 Å². The fourth-order valence-corrected chi connectivity index (χ4v) is 5.52. The molecule has 0 spiro atoms. The number of hydrogen-bond acceptors (Lipinski definition) is 4. The first-order chi connectivity index (χ1) is 12.3. The fraction of sp³-hybridized carbons (Fsp3) is 0.500. The van der Waals surface area contributed by atoms with Crippen LogP contribution in [0.3, 0.4) is 0 Å². The molecule has 1 aliphatic carbocycles. The first-order valence-corrected chi connectivity index (χ1v) is 12.7. The highest BCUT2D eigenvalue weighted by molar-refractivity contribution is 6.70. The number of amides is 1. The first kappa shape index (κ1) is 18.9. The van der Waals surface area contributed by atoms with Crippen molar-refractivity contribution in [3.05, 3.63) is 41.5 Å². The van der Waals surface area contributed by atoms with E-state index in [1.165, 1.54) is 0 Å². The monoisotopic (exact) mass is 373 g/mol. The van der Waals surface area contributed by atoms with Crippen molar-refractivity contribution in [2.24, 2.45) is 5.92 Å².